The molecule has 0 fully saturated rings. The van der Waals surface area contributed by atoms with Crippen LogP contribution < -0.4 is 5.32 Å². The molecule has 0 amide bonds. The van der Waals surface area contributed by atoms with E-state index in [4.69, 9.17) is 11.6 Å². The summed E-state index contributed by atoms with van der Waals surface area (Å²) >= 11 is 6.23. The van der Waals surface area contributed by atoms with Gasteiger partial charge in [0.2, 0.25) is 0 Å². The Hall–Kier alpha value is -1.38. The van der Waals surface area contributed by atoms with Crippen LogP contribution in [0.2, 0.25) is 5.02 Å². The van der Waals surface area contributed by atoms with Crippen molar-refractivity contribution in [3.63, 3.8) is 0 Å². The smallest absolute Gasteiger partial charge is 0.123 e. The zero-order valence-electron chi connectivity index (χ0n) is 11.8. The Bertz CT molecular complexity index is 566. The molecule has 2 rings (SSSR count). The van der Waals surface area contributed by atoms with Crippen molar-refractivity contribution >= 4 is 11.6 Å². The summed E-state index contributed by atoms with van der Waals surface area (Å²) < 4.78 is 13.5. The van der Waals surface area contributed by atoms with E-state index < -0.39 is 0 Å². The molecule has 0 saturated carbocycles. The lowest BCUT2D eigenvalue weighted by Crippen LogP contribution is -2.22. The first-order valence-corrected chi connectivity index (χ1v) is 7.30. The fourth-order valence-electron chi connectivity index (χ4n) is 2.29. The summed E-state index contributed by atoms with van der Waals surface area (Å²) in [5, 5.41) is 3.95. The first-order chi connectivity index (χ1) is 9.65. The predicted octanol–water partition coefficient (Wildman–Crippen LogP) is 4.74. The molecule has 106 valence electrons. The number of halogens is 2. The molecule has 0 aliphatic heterocycles. The van der Waals surface area contributed by atoms with Crippen LogP contribution in [0.15, 0.2) is 42.5 Å². The van der Waals surface area contributed by atoms with Gasteiger partial charge < -0.3 is 5.32 Å². The highest BCUT2D eigenvalue weighted by molar-refractivity contribution is 6.31. The zero-order chi connectivity index (χ0) is 14.5. The van der Waals surface area contributed by atoms with Gasteiger partial charge in [-0.25, -0.2) is 4.39 Å². The molecule has 2 aromatic rings. The van der Waals surface area contributed by atoms with Crippen LogP contribution in [0.1, 0.15) is 36.6 Å². The van der Waals surface area contributed by atoms with Gasteiger partial charge in [-0.05, 0) is 47.9 Å². The molecule has 0 spiro atoms. The topological polar surface area (TPSA) is 12.0 Å². The largest absolute Gasteiger partial charge is 0.306 e. The molecule has 0 radical (unpaired) electrons. The second-order valence-corrected chi connectivity index (χ2v) is 5.16. The Morgan fingerprint density at radius 2 is 1.80 bits per heavy atom. The van der Waals surface area contributed by atoms with Crippen molar-refractivity contribution in [2.45, 2.75) is 26.3 Å². The van der Waals surface area contributed by atoms with E-state index in [1.165, 1.54) is 17.7 Å². The van der Waals surface area contributed by atoms with Crippen LogP contribution in [0.4, 0.5) is 4.39 Å². The van der Waals surface area contributed by atoms with Crippen molar-refractivity contribution in [3.05, 3.63) is 70.0 Å². The standard InChI is InChI=1S/C17H19ClFN/c1-3-12-5-7-13(8-6-12)17(20-4-2)15-11-14(19)9-10-16(15)18/h5-11,17,20H,3-4H2,1-2H3. The Balaban J connectivity index is 2.41. The molecular formula is C17H19ClFN. The number of benzene rings is 2. The molecule has 0 saturated heterocycles. The zero-order valence-corrected chi connectivity index (χ0v) is 12.5. The molecular weight excluding hydrogens is 273 g/mol. The van der Waals surface area contributed by atoms with E-state index in [0.717, 1.165) is 24.1 Å². The quantitative estimate of drug-likeness (QED) is 0.839. The van der Waals surface area contributed by atoms with Crippen LogP contribution in [0.5, 0.6) is 0 Å². The summed E-state index contributed by atoms with van der Waals surface area (Å²) in [5.41, 5.74) is 3.16. The first-order valence-electron chi connectivity index (χ1n) is 6.92. The highest BCUT2D eigenvalue weighted by Gasteiger charge is 2.16. The van der Waals surface area contributed by atoms with Gasteiger partial charge in [-0.1, -0.05) is 49.7 Å². The van der Waals surface area contributed by atoms with Crippen LogP contribution in [0.25, 0.3) is 0 Å². The summed E-state index contributed by atoms with van der Waals surface area (Å²) in [5.74, 6) is -0.266. The van der Waals surface area contributed by atoms with Gasteiger partial charge in [0.1, 0.15) is 5.82 Å². The average Bonchev–Trinajstić information content (AvgIpc) is 2.48. The van der Waals surface area contributed by atoms with Crippen LogP contribution in [-0.2, 0) is 6.42 Å². The summed E-state index contributed by atoms with van der Waals surface area (Å²) in [4.78, 5) is 0. The number of hydrogen-bond acceptors (Lipinski definition) is 1. The average molecular weight is 292 g/mol. The highest BCUT2D eigenvalue weighted by atomic mass is 35.5. The maximum absolute atomic E-state index is 13.5. The maximum atomic E-state index is 13.5. The molecule has 1 atom stereocenters. The van der Waals surface area contributed by atoms with E-state index in [2.05, 4.69) is 36.5 Å². The van der Waals surface area contributed by atoms with Crippen molar-refractivity contribution in [3.8, 4) is 0 Å². The molecule has 1 nitrogen and oxygen atoms in total. The Labute approximate surface area is 124 Å². The Kier molecular flexibility index (Phi) is 5.16. The fourth-order valence-corrected chi connectivity index (χ4v) is 2.52. The predicted molar refractivity (Wildman–Crippen MR) is 82.7 cm³/mol. The summed E-state index contributed by atoms with van der Waals surface area (Å²) in [7, 11) is 0. The molecule has 3 heteroatoms. The maximum Gasteiger partial charge on any atom is 0.123 e. The second kappa shape index (κ2) is 6.87. The van der Waals surface area contributed by atoms with E-state index in [9.17, 15) is 4.39 Å². The fraction of sp³-hybridized carbons (Fsp3) is 0.294. The van der Waals surface area contributed by atoms with Gasteiger partial charge in [0, 0.05) is 5.02 Å². The third-order valence-corrected chi connectivity index (χ3v) is 3.74. The van der Waals surface area contributed by atoms with Crippen molar-refractivity contribution in [2.75, 3.05) is 6.54 Å². The lowest BCUT2D eigenvalue weighted by molar-refractivity contribution is 0.603. The molecule has 0 aliphatic rings. The molecule has 2 aromatic carbocycles. The minimum atomic E-state index is -0.266. The van der Waals surface area contributed by atoms with Crippen molar-refractivity contribution < 1.29 is 4.39 Å². The van der Waals surface area contributed by atoms with Crippen LogP contribution >= 0.6 is 11.6 Å². The van der Waals surface area contributed by atoms with Gasteiger partial charge in [-0.3, -0.25) is 0 Å². The number of nitrogens with one attached hydrogen (secondary N) is 1. The summed E-state index contributed by atoms with van der Waals surface area (Å²) in [6.45, 7) is 4.94. The van der Waals surface area contributed by atoms with E-state index >= 15 is 0 Å². The van der Waals surface area contributed by atoms with Gasteiger partial charge in [-0.2, -0.15) is 0 Å². The minimum Gasteiger partial charge on any atom is -0.306 e. The molecule has 1 N–H and O–H groups in total. The van der Waals surface area contributed by atoms with Gasteiger partial charge in [0.25, 0.3) is 0 Å². The lowest BCUT2D eigenvalue weighted by atomic mass is 9.97. The number of hydrogen-bond donors (Lipinski definition) is 1. The van der Waals surface area contributed by atoms with Crippen LogP contribution in [0, 0.1) is 5.82 Å². The SMILES string of the molecule is CCNC(c1ccc(CC)cc1)c1cc(F)ccc1Cl. The van der Waals surface area contributed by atoms with Crippen molar-refractivity contribution in [2.24, 2.45) is 0 Å². The molecule has 0 heterocycles. The highest BCUT2D eigenvalue weighted by Crippen LogP contribution is 2.29. The molecule has 20 heavy (non-hydrogen) atoms. The van der Waals surface area contributed by atoms with Gasteiger partial charge in [-0.15, -0.1) is 0 Å². The third-order valence-electron chi connectivity index (χ3n) is 3.40. The van der Waals surface area contributed by atoms with Gasteiger partial charge >= 0.3 is 0 Å². The van der Waals surface area contributed by atoms with Gasteiger partial charge in [0.05, 0.1) is 6.04 Å². The molecule has 0 aliphatic carbocycles. The van der Waals surface area contributed by atoms with E-state index in [-0.39, 0.29) is 11.9 Å². The number of rotatable bonds is 5. The normalized spacial score (nSPS) is 12.4. The van der Waals surface area contributed by atoms with Crippen LogP contribution in [0.3, 0.4) is 0 Å². The molecule has 0 bridgehead atoms. The van der Waals surface area contributed by atoms with E-state index in [1.807, 2.05) is 6.92 Å². The lowest BCUT2D eigenvalue weighted by Gasteiger charge is -2.20. The monoisotopic (exact) mass is 291 g/mol. The second-order valence-electron chi connectivity index (χ2n) is 4.75. The minimum absolute atomic E-state index is 0.0888. The first kappa shape index (κ1) is 15.0. The van der Waals surface area contributed by atoms with Crippen molar-refractivity contribution in [1.82, 2.24) is 5.32 Å². The summed E-state index contributed by atoms with van der Waals surface area (Å²) in [6.07, 6.45) is 1.01. The van der Waals surface area contributed by atoms with E-state index in [0.29, 0.717) is 5.02 Å². The van der Waals surface area contributed by atoms with E-state index in [1.54, 1.807) is 6.07 Å². The Morgan fingerprint density at radius 3 is 2.40 bits per heavy atom. The Morgan fingerprint density at radius 1 is 1.10 bits per heavy atom. The third kappa shape index (κ3) is 3.38. The van der Waals surface area contributed by atoms with Crippen molar-refractivity contribution in [1.29, 1.82) is 0 Å². The molecule has 1 unspecified atom stereocenters. The van der Waals surface area contributed by atoms with Gasteiger partial charge in [0.15, 0.2) is 0 Å². The number of aryl methyl sites for hydroxylation is 1. The van der Waals surface area contributed by atoms with Crippen LogP contribution in [-0.4, -0.2) is 6.54 Å². The molecule has 0 aromatic heterocycles. The summed E-state index contributed by atoms with van der Waals surface area (Å²) in [6, 6.07) is 12.8.